The van der Waals surface area contributed by atoms with Crippen LogP contribution in [-0.2, 0) is 9.84 Å². The molecule has 2 aromatic rings. The lowest BCUT2D eigenvalue weighted by Gasteiger charge is -2.26. The summed E-state index contributed by atoms with van der Waals surface area (Å²) >= 11 is 0. The summed E-state index contributed by atoms with van der Waals surface area (Å²) in [6.07, 6.45) is 4.18. The number of hydrogen-bond acceptors (Lipinski definition) is 2. The fourth-order valence-corrected chi connectivity index (χ4v) is 5.35. The van der Waals surface area contributed by atoms with Crippen molar-refractivity contribution >= 4 is 9.84 Å². The zero-order valence-electron chi connectivity index (χ0n) is 14.2. The normalized spacial score (nSPS) is 21.2. The molecule has 2 atom stereocenters. The quantitative estimate of drug-likeness (QED) is 0.744. The van der Waals surface area contributed by atoms with Crippen molar-refractivity contribution in [1.29, 1.82) is 0 Å². The molecule has 0 radical (unpaired) electrons. The largest absolute Gasteiger partial charge is 0.224 e. The molecule has 0 saturated heterocycles. The molecule has 25 heavy (non-hydrogen) atoms. The molecule has 0 aliphatic heterocycles. The summed E-state index contributed by atoms with van der Waals surface area (Å²) in [5, 5.41) is 0. The molecule has 0 heterocycles. The fraction of sp³-hybridized carbons (Fsp3) is 0.400. The van der Waals surface area contributed by atoms with Gasteiger partial charge in [-0.15, -0.1) is 0 Å². The molecule has 5 heteroatoms. The van der Waals surface area contributed by atoms with Crippen LogP contribution in [-0.4, -0.2) is 14.2 Å². The monoisotopic (exact) mass is 364 g/mol. The van der Waals surface area contributed by atoms with Gasteiger partial charge < -0.3 is 0 Å². The van der Waals surface area contributed by atoms with Crippen molar-refractivity contribution in [3.63, 3.8) is 0 Å². The van der Waals surface area contributed by atoms with E-state index in [1.165, 1.54) is 30.7 Å². The zero-order chi connectivity index (χ0) is 18.0. The van der Waals surface area contributed by atoms with Gasteiger partial charge >= 0.3 is 0 Å². The van der Waals surface area contributed by atoms with Gasteiger partial charge in [-0.1, -0.05) is 31.9 Å². The Balaban J connectivity index is 1.79. The molecule has 1 aliphatic rings. The van der Waals surface area contributed by atoms with Crippen molar-refractivity contribution in [2.45, 2.75) is 37.5 Å². The highest BCUT2D eigenvalue weighted by Crippen LogP contribution is 2.31. The van der Waals surface area contributed by atoms with Crippen molar-refractivity contribution in [3.05, 3.63) is 54.1 Å². The van der Waals surface area contributed by atoms with Gasteiger partial charge in [-0.2, -0.15) is 0 Å². The Labute approximate surface area is 147 Å². The van der Waals surface area contributed by atoms with E-state index in [4.69, 9.17) is 0 Å². The second-order valence-electron chi connectivity index (χ2n) is 7.07. The van der Waals surface area contributed by atoms with Gasteiger partial charge in [0.1, 0.15) is 11.6 Å². The minimum absolute atomic E-state index is 0.168. The highest BCUT2D eigenvalue weighted by molar-refractivity contribution is 7.91. The zero-order valence-corrected chi connectivity index (χ0v) is 15.0. The molecule has 1 aliphatic carbocycles. The Kier molecular flexibility index (Phi) is 5.23. The van der Waals surface area contributed by atoms with Crippen LogP contribution in [0.2, 0.25) is 0 Å². The SMILES string of the molecule is CC1CCCC(CS(=O)(=O)c2ccc(-c3ccc(F)cc3F)cc2)C1. The predicted octanol–water partition coefficient (Wildman–Crippen LogP) is 5.23. The van der Waals surface area contributed by atoms with Gasteiger partial charge in [0.15, 0.2) is 9.84 Å². The second kappa shape index (κ2) is 7.24. The van der Waals surface area contributed by atoms with Crippen LogP contribution in [0.25, 0.3) is 11.1 Å². The molecule has 0 N–H and O–H groups in total. The van der Waals surface area contributed by atoms with Crippen LogP contribution < -0.4 is 0 Å². The van der Waals surface area contributed by atoms with Crippen molar-refractivity contribution in [1.82, 2.24) is 0 Å². The Morgan fingerprint density at radius 3 is 2.40 bits per heavy atom. The standard InChI is InChI=1S/C20H22F2O2S/c1-14-3-2-4-15(11-14)13-25(23,24)18-8-5-16(6-9-18)19-10-7-17(21)12-20(19)22/h5-10,12,14-15H,2-4,11,13H2,1H3. The number of halogens is 2. The predicted molar refractivity (Wildman–Crippen MR) is 95.0 cm³/mol. The average Bonchev–Trinajstić information content (AvgIpc) is 2.54. The first-order valence-electron chi connectivity index (χ1n) is 8.63. The van der Waals surface area contributed by atoms with E-state index in [1.54, 1.807) is 12.1 Å². The van der Waals surface area contributed by atoms with Crippen LogP contribution in [0.15, 0.2) is 47.4 Å². The highest BCUT2D eigenvalue weighted by atomic mass is 32.2. The van der Waals surface area contributed by atoms with Crippen LogP contribution in [0.3, 0.4) is 0 Å². The Bertz CT molecular complexity index is 844. The summed E-state index contributed by atoms with van der Waals surface area (Å²) in [6, 6.07) is 9.55. The molecular formula is C20H22F2O2S. The molecule has 2 unspecified atom stereocenters. The number of rotatable bonds is 4. The van der Waals surface area contributed by atoms with Crippen molar-refractivity contribution in [3.8, 4) is 11.1 Å². The van der Waals surface area contributed by atoms with Gasteiger partial charge in [0, 0.05) is 11.6 Å². The van der Waals surface area contributed by atoms with Gasteiger partial charge in [0.2, 0.25) is 0 Å². The Morgan fingerprint density at radius 1 is 1.04 bits per heavy atom. The molecule has 0 bridgehead atoms. The summed E-state index contributed by atoms with van der Waals surface area (Å²) in [4.78, 5) is 0.261. The molecule has 1 saturated carbocycles. The van der Waals surface area contributed by atoms with Crippen LogP contribution in [0.5, 0.6) is 0 Å². The third kappa shape index (κ3) is 4.27. The van der Waals surface area contributed by atoms with E-state index in [0.29, 0.717) is 11.5 Å². The van der Waals surface area contributed by atoms with Crippen molar-refractivity contribution < 1.29 is 17.2 Å². The van der Waals surface area contributed by atoms with E-state index in [1.807, 2.05) is 0 Å². The van der Waals surface area contributed by atoms with Gasteiger partial charge in [0.25, 0.3) is 0 Å². The lowest BCUT2D eigenvalue weighted by atomic mass is 9.83. The fourth-order valence-electron chi connectivity index (χ4n) is 3.68. The van der Waals surface area contributed by atoms with Crippen LogP contribution in [0.1, 0.15) is 32.6 Å². The maximum Gasteiger partial charge on any atom is 0.178 e. The third-order valence-electron chi connectivity index (χ3n) is 4.96. The van der Waals surface area contributed by atoms with Crippen molar-refractivity contribution in [2.75, 3.05) is 5.75 Å². The molecule has 0 amide bonds. The Hall–Kier alpha value is -1.75. The van der Waals surface area contributed by atoms with Gasteiger partial charge in [-0.25, -0.2) is 17.2 Å². The maximum absolute atomic E-state index is 13.9. The summed E-state index contributed by atoms with van der Waals surface area (Å²) in [5.74, 6) is -0.337. The molecular weight excluding hydrogens is 342 g/mol. The number of benzene rings is 2. The summed E-state index contributed by atoms with van der Waals surface area (Å²) < 4.78 is 52.2. The molecule has 2 nitrogen and oxygen atoms in total. The van der Waals surface area contributed by atoms with Crippen LogP contribution in [0, 0.1) is 23.5 Å². The lowest BCUT2D eigenvalue weighted by Crippen LogP contribution is -2.22. The highest BCUT2D eigenvalue weighted by Gasteiger charge is 2.25. The molecule has 2 aromatic carbocycles. The van der Waals surface area contributed by atoms with Crippen molar-refractivity contribution in [2.24, 2.45) is 11.8 Å². The minimum Gasteiger partial charge on any atom is -0.224 e. The first kappa shape index (κ1) is 18.1. The summed E-state index contributed by atoms with van der Waals surface area (Å²) in [7, 11) is -3.35. The van der Waals surface area contributed by atoms with E-state index >= 15 is 0 Å². The third-order valence-corrected chi connectivity index (χ3v) is 6.86. The number of hydrogen-bond donors (Lipinski definition) is 0. The smallest absolute Gasteiger partial charge is 0.178 e. The van der Waals surface area contributed by atoms with Gasteiger partial charge in [-0.05, 0) is 54.5 Å². The second-order valence-corrected chi connectivity index (χ2v) is 9.10. The van der Waals surface area contributed by atoms with Gasteiger partial charge in [0.05, 0.1) is 10.6 Å². The van der Waals surface area contributed by atoms with E-state index in [0.717, 1.165) is 25.3 Å². The summed E-state index contributed by atoms with van der Waals surface area (Å²) in [6.45, 7) is 2.17. The number of sulfone groups is 1. The molecule has 0 spiro atoms. The summed E-state index contributed by atoms with van der Waals surface area (Å²) in [5.41, 5.74) is 0.786. The van der Waals surface area contributed by atoms with E-state index in [9.17, 15) is 17.2 Å². The first-order valence-corrected chi connectivity index (χ1v) is 10.3. The first-order chi connectivity index (χ1) is 11.8. The van der Waals surface area contributed by atoms with Crippen LogP contribution in [0.4, 0.5) is 8.78 Å². The lowest BCUT2D eigenvalue weighted by molar-refractivity contribution is 0.302. The molecule has 3 rings (SSSR count). The van der Waals surface area contributed by atoms with Gasteiger partial charge in [-0.3, -0.25) is 0 Å². The minimum atomic E-state index is -3.35. The average molecular weight is 364 g/mol. The molecule has 134 valence electrons. The molecule has 0 aromatic heterocycles. The van der Waals surface area contributed by atoms with Crippen LogP contribution >= 0.6 is 0 Å². The maximum atomic E-state index is 13.9. The topological polar surface area (TPSA) is 34.1 Å². The Morgan fingerprint density at radius 2 is 1.76 bits per heavy atom. The van der Waals surface area contributed by atoms with E-state index in [2.05, 4.69) is 6.92 Å². The van der Waals surface area contributed by atoms with E-state index in [-0.39, 0.29) is 22.1 Å². The molecule has 1 fully saturated rings. The van der Waals surface area contributed by atoms with E-state index < -0.39 is 21.5 Å².